The number of rotatable bonds is 6. The van der Waals surface area contributed by atoms with Crippen molar-refractivity contribution in [1.82, 2.24) is 5.32 Å². The SMILES string of the molecule is CNC(=O)c1ccc(NCC(C)C2CC2)c([N+](=O)[O-])c1. The summed E-state index contributed by atoms with van der Waals surface area (Å²) in [4.78, 5) is 22.2. The first-order valence-corrected chi connectivity index (χ1v) is 6.77. The molecule has 6 nitrogen and oxygen atoms in total. The van der Waals surface area contributed by atoms with E-state index < -0.39 is 4.92 Å². The van der Waals surface area contributed by atoms with Gasteiger partial charge in [0.05, 0.1) is 4.92 Å². The van der Waals surface area contributed by atoms with Crippen molar-refractivity contribution in [3.63, 3.8) is 0 Å². The number of amides is 1. The number of benzene rings is 1. The lowest BCUT2D eigenvalue weighted by Gasteiger charge is -2.13. The monoisotopic (exact) mass is 277 g/mol. The molecular formula is C14H19N3O3. The summed E-state index contributed by atoms with van der Waals surface area (Å²) in [7, 11) is 1.50. The highest BCUT2D eigenvalue weighted by molar-refractivity contribution is 5.95. The maximum atomic E-state index is 11.5. The van der Waals surface area contributed by atoms with Gasteiger partial charge in [-0.2, -0.15) is 0 Å². The van der Waals surface area contributed by atoms with Gasteiger partial charge in [-0.1, -0.05) is 6.92 Å². The van der Waals surface area contributed by atoms with Crippen LogP contribution < -0.4 is 10.6 Å². The van der Waals surface area contributed by atoms with Gasteiger partial charge in [-0.3, -0.25) is 14.9 Å². The third kappa shape index (κ3) is 3.26. The Morgan fingerprint density at radius 1 is 1.50 bits per heavy atom. The molecule has 108 valence electrons. The molecule has 6 heteroatoms. The van der Waals surface area contributed by atoms with Crippen LogP contribution in [0.4, 0.5) is 11.4 Å². The Morgan fingerprint density at radius 2 is 2.20 bits per heavy atom. The fraction of sp³-hybridized carbons (Fsp3) is 0.500. The van der Waals surface area contributed by atoms with Gasteiger partial charge in [-0.15, -0.1) is 0 Å². The third-order valence-corrected chi connectivity index (χ3v) is 3.72. The van der Waals surface area contributed by atoms with Gasteiger partial charge < -0.3 is 10.6 Å². The minimum atomic E-state index is -0.462. The van der Waals surface area contributed by atoms with Crippen LogP contribution in [-0.4, -0.2) is 24.4 Å². The molecule has 0 saturated heterocycles. The highest BCUT2D eigenvalue weighted by Gasteiger charge is 2.28. The van der Waals surface area contributed by atoms with Crippen LogP contribution in [0.15, 0.2) is 18.2 Å². The van der Waals surface area contributed by atoms with Crippen molar-refractivity contribution < 1.29 is 9.72 Å². The summed E-state index contributed by atoms with van der Waals surface area (Å²) in [6.07, 6.45) is 2.50. The van der Waals surface area contributed by atoms with Crippen LogP contribution in [0, 0.1) is 22.0 Å². The first kappa shape index (κ1) is 14.3. The Labute approximate surface area is 117 Å². The van der Waals surface area contributed by atoms with Crippen molar-refractivity contribution in [3.8, 4) is 0 Å². The molecule has 2 N–H and O–H groups in total. The minimum Gasteiger partial charge on any atom is -0.379 e. The zero-order chi connectivity index (χ0) is 14.7. The standard InChI is InChI=1S/C14H19N3O3/c1-9(10-3-4-10)8-16-12-6-5-11(14(18)15-2)7-13(12)17(19)20/h5-7,9-10,16H,3-4,8H2,1-2H3,(H,15,18). The summed E-state index contributed by atoms with van der Waals surface area (Å²) in [6, 6.07) is 4.50. The van der Waals surface area contributed by atoms with E-state index in [0.29, 0.717) is 23.7 Å². The van der Waals surface area contributed by atoms with Crippen molar-refractivity contribution in [3.05, 3.63) is 33.9 Å². The van der Waals surface area contributed by atoms with Crippen LogP contribution in [0.5, 0.6) is 0 Å². The molecule has 20 heavy (non-hydrogen) atoms. The molecule has 1 aliphatic carbocycles. The van der Waals surface area contributed by atoms with E-state index in [1.165, 1.54) is 26.0 Å². The average molecular weight is 277 g/mol. The molecule has 0 heterocycles. The number of nitro groups is 1. The average Bonchev–Trinajstić information content (AvgIpc) is 3.28. The first-order valence-electron chi connectivity index (χ1n) is 6.77. The number of nitro benzene ring substituents is 1. The second-order valence-electron chi connectivity index (χ2n) is 5.26. The van der Waals surface area contributed by atoms with Gasteiger partial charge in [0.2, 0.25) is 0 Å². The van der Waals surface area contributed by atoms with Crippen molar-refractivity contribution in [2.24, 2.45) is 11.8 Å². The van der Waals surface area contributed by atoms with E-state index >= 15 is 0 Å². The van der Waals surface area contributed by atoms with Gasteiger partial charge in [0.25, 0.3) is 11.6 Å². The number of nitrogens with one attached hydrogen (secondary N) is 2. The Bertz CT molecular complexity index is 526. The van der Waals surface area contributed by atoms with Crippen LogP contribution in [0.1, 0.15) is 30.1 Å². The smallest absolute Gasteiger partial charge is 0.293 e. The summed E-state index contributed by atoms with van der Waals surface area (Å²) < 4.78 is 0. The van der Waals surface area contributed by atoms with Gasteiger partial charge in [0.1, 0.15) is 5.69 Å². The van der Waals surface area contributed by atoms with Crippen LogP contribution in [0.25, 0.3) is 0 Å². The lowest BCUT2D eigenvalue weighted by atomic mass is 10.1. The molecule has 0 aliphatic heterocycles. The van der Waals surface area contributed by atoms with E-state index in [0.717, 1.165) is 5.92 Å². The van der Waals surface area contributed by atoms with Gasteiger partial charge >= 0.3 is 0 Å². The van der Waals surface area contributed by atoms with Crippen LogP contribution in [0.2, 0.25) is 0 Å². The van der Waals surface area contributed by atoms with E-state index in [1.54, 1.807) is 12.1 Å². The number of carbonyl (C=O) groups is 1. The first-order chi connectivity index (χ1) is 9.52. The molecule has 1 aromatic rings. The van der Waals surface area contributed by atoms with Crippen LogP contribution in [-0.2, 0) is 0 Å². The molecule has 0 aromatic heterocycles. The largest absolute Gasteiger partial charge is 0.379 e. The van der Waals surface area contributed by atoms with Crippen molar-refractivity contribution >= 4 is 17.3 Å². The van der Waals surface area contributed by atoms with E-state index in [9.17, 15) is 14.9 Å². The quantitative estimate of drug-likeness (QED) is 0.617. The van der Waals surface area contributed by atoms with E-state index in [-0.39, 0.29) is 11.6 Å². The highest BCUT2D eigenvalue weighted by atomic mass is 16.6. The Balaban J connectivity index is 2.14. The molecule has 0 spiro atoms. The van der Waals surface area contributed by atoms with Gasteiger partial charge in [-0.05, 0) is 36.8 Å². The lowest BCUT2D eigenvalue weighted by molar-refractivity contribution is -0.384. The fourth-order valence-corrected chi connectivity index (χ4v) is 2.22. The molecule has 1 aromatic carbocycles. The maximum Gasteiger partial charge on any atom is 0.293 e. The Kier molecular flexibility index (Phi) is 4.22. The second kappa shape index (κ2) is 5.90. The predicted molar refractivity (Wildman–Crippen MR) is 76.9 cm³/mol. The molecule has 0 radical (unpaired) electrons. The number of carbonyl (C=O) groups excluding carboxylic acids is 1. The third-order valence-electron chi connectivity index (χ3n) is 3.72. The summed E-state index contributed by atoms with van der Waals surface area (Å²) in [6.45, 7) is 2.86. The molecule has 2 rings (SSSR count). The molecule has 1 fully saturated rings. The molecule has 1 unspecified atom stereocenters. The summed E-state index contributed by atoms with van der Waals surface area (Å²) in [5, 5.41) is 16.7. The lowest BCUT2D eigenvalue weighted by Crippen LogP contribution is -2.18. The molecule has 0 bridgehead atoms. The van der Waals surface area contributed by atoms with Gasteiger partial charge in [0, 0.05) is 25.2 Å². The van der Waals surface area contributed by atoms with E-state index in [2.05, 4.69) is 17.6 Å². The van der Waals surface area contributed by atoms with E-state index in [1.807, 2.05) is 0 Å². The fourth-order valence-electron chi connectivity index (χ4n) is 2.22. The number of nitrogens with zero attached hydrogens (tertiary/aromatic N) is 1. The zero-order valence-electron chi connectivity index (χ0n) is 11.7. The van der Waals surface area contributed by atoms with Crippen molar-refractivity contribution in [1.29, 1.82) is 0 Å². The highest BCUT2D eigenvalue weighted by Crippen LogP contribution is 2.37. The molecule has 1 aliphatic rings. The van der Waals surface area contributed by atoms with Crippen molar-refractivity contribution in [2.75, 3.05) is 18.9 Å². The van der Waals surface area contributed by atoms with E-state index in [4.69, 9.17) is 0 Å². The van der Waals surface area contributed by atoms with Crippen LogP contribution >= 0.6 is 0 Å². The van der Waals surface area contributed by atoms with Gasteiger partial charge in [0.15, 0.2) is 0 Å². The van der Waals surface area contributed by atoms with Crippen molar-refractivity contribution in [2.45, 2.75) is 19.8 Å². The molecule has 1 atom stereocenters. The Hall–Kier alpha value is -2.11. The second-order valence-corrected chi connectivity index (χ2v) is 5.26. The number of hydrogen-bond donors (Lipinski definition) is 2. The Morgan fingerprint density at radius 3 is 2.75 bits per heavy atom. The predicted octanol–water partition coefficient (Wildman–Crippen LogP) is 2.41. The van der Waals surface area contributed by atoms with Crippen LogP contribution in [0.3, 0.4) is 0 Å². The summed E-state index contributed by atoms with van der Waals surface area (Å²) in [5.41, 5.74) is 0.698. The van der Waals surface area contributed by atoms with Gasteiger partial charge in [-0.25, -0.2) is 0 Å². The normalized spacial score (nSPS) is 15.5. The molecular weight excluding hydrogens is 258 g/mol. The number of hydrogen-bond acceptors (Lipinski definition) is 4. The minimum absolute atomic E-state index is 0.0610. The molecule has 1 saturated carbocycles. The maximum absolute atomic E-state index is 11.5. The zero-order valence-corrected chi connectivity index (χ0v) is 11.7. The summed E-state index contributed by atoms with van der Waals surface area (Å²) in [5.74, 6) is 0.922. The topological polar surface area (TPSA) is 84.3 Å². The molecule has 1 amide bonds. The summed E-state index contributed by atoms with van der Waals surface area (Å²) >= 11 is 0. The number of anilines is 1.